The van der Waals surface area contributed by atoms with Crippen molar-refractivity contribution in [3.63, 3.8) is 0 Å². The van der Waals surface area contributed by atoms with Gasteiger partial charge in [0.25, 0.3) is 0 Å². The molecule has 2 aliphatic heterocycles. The van der Waals surface area contributed by atoms with Crippen LogP contribution in [0, 0.1) is 23.2 Å². The molecule has 2 N–H and O–H groups in total. The lowest BCUT2D eigenvalue weighted by atomic mass is 9.48. The molecule has 4 bridgehead atoms. The molecule has 31 heavy (non-hydrogen) atoms. The van der Waals surface area contributed by atoms with Crippen molar-refractivity contribution in [1.29, 1.82) is 0 Å². The second kappa shape index (κ2) is 7.94. The zero-order valence-corrected chi connectivity index (χ0v) is 18.6. The predicted octanol–water partition coefficient (Wildman–Crippen LogP) is 1.04. The van der Waals surface area contributed by atoms with Crippen LogP contribution in [0.1, 0.15) is 51.9 Å². The summed E-state index contributed by atoms with van der Waals surface area (Å²) in [6.07, 6.45) is 6.35. The fourth-order valence-electron chi connectivity index (χ4n) is 7.30. The lowest BCUT2D eigenvalue weighted by Crippen LogP contribution is -2.61. The van der Waals surface area contributed by atoms with Crippen molar-refractivity contribution in [3.8, 4) is 0 Å². The molecular formula is C23H36N4O4. The zero-order chi connectivity index (χ0) is 21.8. The normalized spacial score (nSPS) is 39.5. The van der Waals surface area contributed by atoms with Gasteiger partial charge in [-0.05, 0) is 62.7 Å². The summed E-state index contributed by atoms with van der Waals surface area (Å²) >= 11 is 0. The van der Waals surface area contributed by atoms with E-state index in [4.69, 9.17) is 0 Å². The Morgan fingerprint density at radius 1 is 0.903 bits per heavy atom. The van der Waals surface area contributed by atoms with E-state index < -0.39 is 0 Å². The highest BCUT2D eigenvalue weighted by atomic mass is 16.3. The minimum absolute atomic E-state index is 0.00152. The molecule has 0 aromatic heterocycles. The van der Waals surface area contributed by atoms with E-state index in [1.807, 2.05) is 9.80 Å². The Hall–Kier alpha value is -1.83. The van der Waals surface area contributed by atoms with E-state index in [-0.39, 0.29) is 47.2 Å². The Bertz CT molecular complexity index is 734. The highest BCUT2D eigenvalue weighted by molar-refractivity contribution is 5.83. The molecule has 3 unspecified atom stereocenters. The van der Waals surface area contributed by atoms with E-state index in [0.29, 0.717) is 38.6 Å². The summed E-state index contributed by atoms with van der Waals surface area (Å²) in [5, 5.41) is 13.8. The fraction of sp³-hybridized carbons (Fsp3) is 0.870. The smallest absolute Gasteiger partial charge is 0.320 e. The Labute approximate surface area is 184 Å². The van der Waals surface area contributed by atoms with Crippen LogP contribution in [0.25, 0.3) is 0 Å². The van der Waals surface area contributed by atoms with E-state index >= 15 is 0 Å². The van der Waals surface area contributed by atoms with Crippen LogP contribution in [-0.4, -0.2) is 89.1 Å². The van der Waals surface area contributed by atoms with Crippen LogP contribution in [0.2, 0.25) is 0 Å². The van der Waals surface area contributed by atoms with Gasteiger partial charge >= 0.3 is 6.03 Å². The van der Waals surface area contributed by atoms with Crippen LogP contribution in [-0.2, 0) is 9.59 Å². The summed E-state index contributed by atoms with van der Waals surface area (Å²) in [5.74, 6) is 1.38. The number of rotatable bonds is 2. The van der Waals surface area contributed by atoms with E-state index in [1.165, 1.54) is 0 Å². The molecule has 6 fully saturated rings. The van der Waals surface area contributed by atoms with Gasteiger partial charge < -0.3 is 25.1 Å². The summed E-state index contributed by atoms with van der Waals surface area (Å²) < 4.78 is 0. The van der Waals surface area contributed by atoms with Gasteiger partial charge in [0.2, 0.25) is 11.8 Å². The molecule has 2 heterocycles. The number of piperidine rings is 1. The largest absolute Gasteiger partial charge is 0.393 e. The third-order valence-electron chi connectivity index (χ3n) is 8.73. The van der Waals surface area contributed by atoms with Gasteiger partial charge in [0.05, 0.1) is 11.5 Å². The van der Waals surface area contributed by atoms with E-state index in [2.05, 4.69) is 5.32 Å². The standard InChI is InChI=1S/C23H36N4O4/c1-15(28)25-5-7-26(8-6-25)22(31)27-4-2-3-19(14-27)24-21(30)23-11-16-9-17(12-23)20(29)18(10-16)13-23/h16-20,29H,2-14H2,1H3,(H,24,30). The van der Waals surface area contributed by atoms with Crippen molar-refractivity contribution in [1.82, 2.24) is 20.0 Å². The molecule has 4 saturated carbocycles. The van der Waals surface area contributed by atoms with Gasteiger partial charge in [0, 0.05) is 52.2 Å². The molecule has 2 saturated heterocycles. The van der Waals surface area contributed by atoms with Gasteiger partial charge in [0.15, 0.2) is 0 Å². The SMILES string of the molecule is CC(=O)N1CCN(C(=O)N2CCCC(NC(=O)C34CC5CC(C3)C(O)C(C5)C4)C2)CC1. The highest BCUT2D eigenvalue weighted by Crippen LogP contribution is 2.60. The number of hydrogen-bond donors (Lipinski definition) is 2. The third kappa shape index (κ3) is 3.81. The van der Waals surface area contributed by atoms with Crippen LogP contribution < -0.4 is 5.32 Å². The Morgan fingerprint density at radius 2 is 1.55 bits per heavy atom. The third-order valence-corrected chi connectivity index (χ3v) is 8.73. The fourth-order valence-corrected chi connectivity index (χ4v) is 7.30. The molecule has 0 aromatic rings. The maximum Gasteiger partial charge on any atom is 0.320 e. The van der Waals surface area contributed by atoms with Gasteiger partial charge in [-0.1, -0.05) is 0 Å². The van der Waals surface area contributed by atoms with Crippen molar-refractivity contribution >= 4 is 17.8 Å². The summed E-state index contributed by atoms with van der Waals surface area (Å²) in [4.78, 5) is 43.5. The summed E-state index contributed by atoms with van der Waals surface area (Å²) in [5.41, 5.74) is -0.301. The molecule has 8 heteroatoms. The van der Waals surface area contributed by atoms with E-state index in [0.717, 1.165) is 51.5 Å². The quantitative estimate of drug-likeness (QED) is 0.682. The lowest BCUT2D eigenvalue weighted by molar-refractivity contribution is -0.164. The molecule has 6 rings (SSSR count). The number of carbonyl (C=O) groups excluding carboxylic acids is 3. The Morgan fingerprint density at radius 3 is 2.19 bits per heavy atom. The number of hydrogen-bond acceptors (Lipinski definition) is 4. The Balaban J connectivity index is 1.17. The van der Waals surface area contributed by atoms with Gasteiger partial charge in [0.1, 0.15) is 0 Å². The molecule has 6 aliphatic rings. The Kier molecular flexibility index (Phi) is 5.39. The molecule has 4 aliphatic carbocycles. The molecule has 0 aromatic carbocycles. The van der Waals surface area contributed by atoms with Crippen LogP contribution in [0.5, 0.6) is 0 Å². The second-order valence-electron chi connectivity index (χ2n) is 10.8. The zero-order valence-electron chi connectivity index (χ0n) is 18.6. The first-order valence-electron chi connectivity index (χ1n) is 12.1. The van der Waals surface area contributed by atoms with Crippen molar-refractivity contribution in [2.24, 2.45) is 23.2 Å². The first-order valence-corrected chi connectivity index (χ1v) is 12.1. The van der Waals surface area contributed by atoms with Crippen LogP contribution in [0.15, 0.2) is 0 Å². The minimum Gasteiger partial charge on any atom is -0.393 e. The second-order valence-corrected chi connectivity index (χ2v) is 10.8. The number of aliphatic hydroxyl groups is 1. The van der Waals surface area contributed by atoms with Crippen LogP contribution >= 0.6 is 0 Å². The topological polar surface area (TPSA) is 93.2 Å². The number of amides is 4. The minimum atomic E-state index is -0.301. The van der Waals surface area contributed by atoms with Crippen molar-refractivity contribution in [2.75, 3.05) is 39.3 Å². The van der Waals surface area contributed by atoms with Gasteiger partial charge in [-0.15, -0.1) is 0 Å². The summed E-state index contributed by atoms with van der Waals surface area (Å²) in [6, 6.07) is 0.0294. The van der Waals surface area contributed by atoms with Crippen molar-refractivity contribution in [3.05, 3.63) is 0 Å². The predicted molar refractivity (Wildman–Crippen MR) is 114 cm³/mol. The highest BCUT2D eigenvalue weighted by Gasteiger charge is 2.58. The molecule has 0 radical (unpaired) electrons. The average molecular weight is 433 g/mol. The number of nitrogens with zero attached hydrogens (tertiary/aromatic N) is 3. The van der Waals surface area contributed by atoms with Crippen molar-refractivity contribution in [2.45, 2.75) is 64.0 Å². The lowest BCUT2D eigenvalue weighted by Gasteiger charge is -2.58. The van der Waals surface area contributed by atoms with Crippen LogP contribution in [0.3, 0.4) is 0 Å². The van der Waals surface area contributed by atoms with Gasteiger partial charge in [-0.3, -0.25) is 9.59 Å². The van der Waals surface area contributed by atoms with Gasteiger partial charge in [-0.2, -0.15) is 0 Å². The average Bonchev–Trinajstić information content (AvgIpc) is 2.76. The number of nitrogens with one attached hydrogen (secondary N) is 1. The molecule has 8 nitrogen and oxygen atoms in total. The first-order chi connectivity index (χ1) is 14.8. The van der Waals surface area contributed by atoms with Crippen molar-refractivity contribution < 1.29 is 19.5 Å². The number of carbonyl (C=O) groups is 3. The van der Waals surface area contributed by atoms with Gasteiger partial charge in [-0.25, -0.2) is 4.79 Å². The number of urea groups is 1. The van der Waals surface area contributed by atoms with E-state index in [1.54, 1.807) is 11.8 Å². The number of likely N-dealkylation sites (tertiary alicyclic amines) is 1. The molecule has 0 spiro atoms. The number of aliphatic hydroxyl groups excluding tert-OH is 1. The monoisotopic (exact) mass is 432 g/mol. The summed E-state index contributed by atoms with van der Waals surface area (Å²) in [7, 11) is 0. The summed E-state index contributed by atoms with van der Waals surface area (Å²) in [6.45, 7) is 5.18. The molecule has 172 valence electrons. The molecule has 4 amide bonds. The maximum absolute atomic E-state index is 13.4. The molecule has 3 atom stereocenters. The first kappa shape index (κ1) is 21.0. The number of piperazine rings is 1. The maximum atomic E-state index is 13.4. The van der Waals surface area contributed by atoms with Crippen LogP contribution in [0.4, 0.5) is 4.79 Å². The van der Waals surface area contributed by atoms with E-state index in [9.17, 15) is 19.5 Å². The molecular weight excluding hydrogens is 396 g/mol.